The van der Waals surface area contributed by atoms with Crippen LogP contribution in [0.3, 0.4) is 0 Å². The van der Waals surface area contributed by atoms with Crippen LogP contribution in [-0.4, -0.2) is 57.2 Å². The Morgan fingerprint density at radius 3 is 2.21 bits per heavy atom. The summed E-state index contributed by atoms with van der Waals surface area (Å²) in [5, 5.41) is 0. The van der Waals surface area contributed by atoms with Crippen molar-refractivity contribution in [3.8, 4) is 17.2 Å². The van der Waals surface area contributed by atoms with Crippen molar-refractivity contribution >= 4 is 11.8 Å². The molecule has 0 aromatic heterocycles. The van der Waals surface area contributed by atoms with Gasteiger partial charge in [0, 0.05) is 12.6 Å². The molecule has 1 atom stereocenters. The normalized spacial score (nSPS) is 12.9. The molecular weight excluding hydrogens is 432 g/mol. The van der Waals surface area contributed by atoms with E-state index in [9.17, 15) is 4.79 Å². The number of carbonyl (C=O) groups excluding carboxylic acids is 1. The zero-order chi connectivity index (χ0) is 23.9. The lowest BCUT2D eigenvalue weighted by molar-refractivity contribution is 0.0130. The van der Waals surface area contributed by atoms with E-state index >= 15 is 0 Å². The zero-order valence-electron chi connectivity index (χ0n) is 19.6. The number of fused-ring (bicyclic) bond motifs is 1. The fourth-order valence-electron chi connectivity index (χ4n) is 3.77. The molecule has 0 amide bonds. The van der Waals surface area contributed by atoms with Crippen LogP contribution in [-0.2, 0) is 11.3 Å². The van der Waals surface area contributed by atoms with Crippen LogP contribution in [0.5, 0.6) is 17.2 Å². The molecule has 1 aliphatic rings. The number of aliphatic imine (C=N–C) groups is 1. The monoisotopic (exact) mass is 460 g/mol. The lowest BCUT2D eigenvalue weighted by Gasteiger charge is -2.26. The SMILES string of the molecule is COc1ccc(OCC(CN(C)C2=NCc3ccccc32)OC(=O)c2ccc(OC)cc2)cc1. The van der Waals surface area contributed by atoms with Crippen LogP contribution < -0.4 is 14.2 Å². The van der Waals surface area contributed by atoms with Crippen molar-refractivity contribution in [2.75, 3.05) is 34.4 Å². The maximum Gasteiger partial charge on any atom is 0.338 e. The molecule has 0 radical (unpaired) electrons. The molecule has 4 rings (SSSR count). The number of esters is 1. The second-order valence-electron chi connectivity index (χ2n) is 7.92. The summed E-state index contributed by atoms with van der Waals surface area (Å²) in [5.41, 5.74) is 2.73. The summed E-state index contributed by atoms with van der Waals surface area (Å²) in [6, 6.07) is 22.3. The summed E-state index contributed by atoms with van der Waals surface area (Å²) >= 11 is 0. The Labute approximate surface area is 199 Å². The summed E-state index contributed by atoms with van der Waals surface area (Å²) in [7, 11) is 5.15. The van der Waals surface area contributed by atoms with Gasteiger partial charge in [-0.15, -0.1) is 0 Å². The van der Waals surface area contributed by atoms with E-state index in [4.69, 9.17) is 18.9 Å². The van der Waals surface area contributed by atoms with Crippen LogP contribution in [0.25, 0.3) is 0 Å². The van der Waals surface area contributed by atoms with E-state index in [0.29, 0.717) is 30.2 Å². The first-order valence-electron chi connectivity index (χ1n) is 11.0. The molecule has 0 N–H and O–H groups in total. The number of likely N-dealkylation sites (N-methyl/N-ethyl adjacent to an activating group) is 1. The van der Waals surface area contributed by atoms with Crippen LogP contribution in [0.2, 0.25) is 0 Å². The zero-order valence-corrected chi connectivity index (χ0v) is 19.6. The number of amidine groups is 1. The van der Waals surface area contributed by atoms with Crippen molar-refractivity contribution in [2.24, 2.45) is 4.99 Å². The molecule has 0 saturated heterocycles. The van der Waals surface area contributed by atoms with Gasteiger partial charge in [-0.3, -0.25) is 4.99 Å². The Balaban J connectivity index is 1.47. The van der Waals surface area contributed by atoms with Gasteiger partial charge >= 0.3 is 5.97 Å². The Morgan fingerprint density at radius 2 is 1.53 bits per heavy atom. The van der Waals surface area contributed by atoms with Crippen LogP contribution in [0, 0.1) is 0 Å². The highest BCUT2D eigenvalue weighted by molar-refractivity contribution is 6.01. The molecule has 7 heteroatoms. The molecule has 0 spiro atoms. The van der Waals surface area contributed by atoms with Gasteiger partial charge < -0.3 is 23.8 Å². The van der Waals surface area contributed by atoms with Gasteiger partial charge in [0.2, 0.25) is 0 Å². The minimum Gasteiger partial charge on any atom is -0.497 e. The van der Waals surface area contributed by atoms with E-state index in [1.54, 1.807) is 38.5 Å². The molecule has 1 aliphatic heterocycles. The average Bonchev–Trinajstić information content (AvgIpc) is 3.32. The van der Waals surface area contributed by atoms with Crippen LogP contribution in [0.4, 0.5) is 0 Å². The predicted octanol–water partition coefficient (Wildman–Crippen LogP) is 4.20. The minimum atomic E-state index is -0.530. The highest BCUT2D eigenvalue weighted by Gasteiger charge is 2.24. The second-order valence-corrected chi connectivity index (χ2v) is 7.92. The largest absolute Gasteiger partial charge is 0.497 e. The van der Waals surface area contributed by atoms with E-state index in [1.807, 2.05) is 48.3 Å². The average molecular weight is 461 g/mol. The number of rotatable bonds is 9. The topological polar surface area (TPSA) is 69.6 Å². The van der Waals surface area contributed by atoms with Gasteiger partial charge in [0.1, 0.15) is 29.7 Å². The maximum atomic E-state index is 12.9. The highest BCUT2D eigenvalue weighted by Crippen LogP contribution is 2.21. The summed E-state index contributed by atoms with van der Waals surface area (Å²) in [6.45, 7) is 1.26. The maximum absolute atomic E-state index is 12.9. The van der Waals surface area contributed by atoms with E-state index < -0.39 is 12.1 Å². The smallest absolute Gasteiger partial charge is 0.338 e. The van der Waals surface area contributed by atoms with Crippen LogP contribution in [0.1, 0.15) is 21.5 Å². The summed E-state index contributed by atoms with van der Waals surface area (Å²) in [6.07, 6.45) is -0.530. The quantitative estimate of drug-likeness (QED) is 0.446. The third kappa shape index (κ3) is 5.49. The van der Waals surface area contributed by atoms with Crippen LogP contribution >= 0.6 is 0 Å². The van der Waals surface area contributed by atoms with E-state index in [0.717, 1.165) is 17.1 Å². The van der Waals surface area contributed by atoms with E-state index in [2.05, 4.69) is 17.1 Å². The first-order chi connectivity index (χ1) is 16.6. The van der Waals surface area contributed by atoms with Gasteiger partial charge in [0.25, 0.3) is 0 Å². The summed E-state index contributed by atoms with van der Waals surface area (Å²) in [5.74, 6) is 2.54. The number of benzene rings is 3. The van der Waals surface area contributed by atoms with Crippen molar-refractivity contribution in [3.05, 3.63) is 89.5 Å². The Bertz CT molecular complexity index is 1140. The molecule has 0 saturated carbocycles. The van der Waals surface area contributed by atoms with Crippen molar-refractivity contribution in [3.63, 3.8) is 0 Å². The van der Waals surface area contributed by atoms with Crippen LogP contribution in [0.15, 0.2) is 77.8 Å². The molecule has 0 fully saturated rings. The third-order valence-corrected chi connectivity index (χ3v) is 5.59. The van der Waals surface area contributed by atoms with Crippen molar-refractivity contribution in [1.82, 2.24) is 4.90 Å². The molecule has 1 heterocycles. The molecule has 176 valence electrons. The number of hydrogen-bond acceptors (Lipinski definition) is 7. The Kier molecular flexibility index (Phi) is 7.32. The summed E-state index contributed by atoms with van der Waals surface area (Å²) < 4.78 is 22.2. The number of carbonyl (C=O) groups is 1. The van der Waals surface area contributed by atoms with Crippen molar-refractivity contribution < 1.29 is 23.7 Å². The third-order valence-electron chi connectivity index (χ3n) is 5.59. The number of ether oxygens (including phenoxy) is 4. The molecular formula is C27H28N2O5. The fraction of sp³-hybridized carbons (Fsp3) is 0.259. The lowest BCUT2D eigenvalue weighted by atomic mass is 10.1. The van der Waals surface area contributed by atoms with Gasteiger partial charge in [-0.05, 0) is 54.1 Å². The number of hydrogen-bond donors (Lipinski definition) is 0. The number of nitrogens with zero attached hydrogens (tertiary/aromatic N) is 2. The molecule has 3 aromatic rings. The summed E-state index contributed by atoms with van der Waals surface area (Å²) in [4.78, 5) is 19.6. The van der Waals surface area contributed by atoms with Gasteiger partial charge in [-0.1, -0.05) is 24.3 Å². The van der Waals surface area contributed by atoms with Gasteiger partial charge in [-0.2, -0.15) is 0 Å². The van der Waals surface area contributed by atoms with Crippen molar-refractivity contribution in [1.29, 1.82) is 0 Å². The van der Waals surface area contributed by atoms with Gasteiger partial charge in [0.05, 0.1) is 32.9 Å². The molecule has 7 nitrogen and oxygen atoms in total. The minimum absolute atomic E-state index is 0.188. The first-order valence-corrected chi connectivity index (χ1v) is 11.0. The lowest BCUT2D eigenvalue weighted by Crippen LogP contribution is -2.39. The highest BCUT2D eigenvalue weighted by atomic mass is 16.6. The Morgan fingerprint density at radius 1 is 0.912 bits per heavy atom. The molecule has 3 aromatic carbocycles. The van der Waals surface area contributed by atoms with Crippen molar-refractivity contribution in [2.45, 2.75) is 12.6 Å². The molecule has 0 bridgehead atoms. The van der Waals surface area contributed by atoms with Gasteiger partial charge in [0.15, 0.2) is 6.10 Å². The number of methoxy groups -OCH3 is 2. The van der Waals surface area contributed by atoms with E-state index in [1.165, 1.54) is 5.56 Å². The van der Waals surface area contributed by atoms with Gasteiger partial charge in [-0.25, -0.2) is 4.79 Å². The standard InChI is InChI=1S/C27H28N2O5/c1-29(26-25-7-5-4-6-20(25)16-28-26)17-24(18-33-23-14-12-22(32-3)13-15-23)34-27(30)19-8-10-21(31-2)11-9-19/h4-15,24H,16-18H2,1-3H3. The second kappa shape index (κ2) is 10.7. The molecule has 34 heavy (non-hydrogen) atoms. The predicted molar refractivity (Wildman–Crippen MR) is 130 cm³/mol. The fourth-order valence-corrected chi connectivity index (χ4v) is 3.77. The molecule has 0 aliphatic carbocycles. The van der Waals surface area contributed by atoms with E-state index in [-0.39, 0.29) is 6.61 Å². The molecule has 1 unspecified atom stereocenters. The Hall–Kier alpha value is -4.00. The first kappa shape index (κ1) is 23.2.